The minimum atomic E-state index is -0.242. The fraction of sp³-hybridized carbons (Fsp3) is 0.0588. The Bertz CT molecular complexity index is 3090. The van der Waals surface area contributed by atoms with Crippen LogP contribution in [-0.4, -0.2) is 0 Å². The summed E-state index contributed by atoms with van der Waals surface area (Å²) < 4.78 is 0. The molecule has 0 heteroatoms. The molecule has 10 aromatic carbocycles. The second-order valence-corrected chi connectivity index (χ2v) is 14.8. The quantitative estimate of drug-likeness (QED) is 0.164. The molecule has 0 aliphatic heterocycles. The third-order valence-electron chi connectivity index (χ3n) is 11.8. The van der Waals surface area contributed by atoms with Gasteiger partial charge in [0, 0.05) is 5.41 Å². The lowest BCUT2D eigenvalue weighted by molar-refractivity contribution is 0.673. The Morgan fingerprint density at radius 3 is 1.29 bits per heavy atom. The lowest BCUT2D eigenvalue weighted by Crippen LogP contribution is -2.16. The van der Waals surface area contributed by atoms with Gasteiger partial charge in [0.05, 0.1) is 0 Å². The van der Waals surface area contributed by atoms with Gasteiger partial charge in [-0.05, 0) is 121 Å². The maximum absolute atomic E-state index is 2.49. The summed E-state index contributed by atoms with van der Waals surface area (Å²) in [5, 5.41) is 15.7. The summed E-state index contributed by atoms with van der Waals surface area (Å²) in [6.07, 6.45) is 0. The summed E-state index contributed by atoms with van der Waals surface area (Å²) in [6.45, 7) is 4.92. The molecule has 0 saturated carbocycles. The molecule has 0 spiro atoms. The van der Waals surface area contributed by atoms with Gasteiger partial charge in [-0.15, -0.1) is 0 Å². The maximum atomic E-state index is 2.49. The lowest BCUT2D eigenvalue weighted by Gasteiger charge is -2.26. The normalized spacial score (nSPS) is 13.5. The molecule has 0 nitrogen and oxygen atoms in total. The Hall–Kier alpha value is -6.24. The van der Waals surface area contributed by atoms with Gasteiger partial charge >= 0.3 is 0 Å². The summed E-state index contributed by atoms with van der Waals surface area (Å²) in [5.74, 6) is 0. The zero-order chi connectivity index (χ0) is 33.8. The lowest BCUT2D eigenvalue weighted by atomic mass is 9.77. The van der Waals surface area contributed by atoms with Gasteiger partial charge in [0.15, 0.2) is 0 Å². The standard InChI is InChI=1S/C51H34/c1-51(2)49-44-22-10-8-20-40(44)39-19-7-9-21-43(39)47(49)48-45-29-33(37-23-11-15-31-13-3-5-17-35(31)37)25-27-41(45)42-28-26-34(30-46(42)50(48)51)38-24-12-16-32-14-4-6-18-36(32)38/h3-30H,1-2H3. The van der Waals surface area contributed by atoms with E-state index in [1.165, 1.54) is 109 Å². The SMILES string of the molecule is CC1(C)c2c(c3ccccc3c3ccccc23)-c2c1c1cc(-c3cccc4ccccc34)ccc1c1ccc(-c3cccc4ccccc34)cc21. The Labute approximate surface area is 297 Å². The van der Waals surface area contributed by atoms with E-state index in [0.29, 0.717) is 0 Å². The molecule has 0 bridgehead atoms. The van der Waals surface area contributed by atoms with E-state index in [0.717, 1.165) is 0 Å². The van der Waals surface area contributed by atoms with Gasteiger partial charge in [-0.1, -0.05) is 172 Å². The molecule has 0 N–H and O–H groups in total. The summed E-state index contributed by atoms with van der Waals surface area (Å²) in [7, 11) is 0. The van der Waals surface area contributed by atoms with Gasteiger partial charge in [0.1, 0.15) is 0 Å². The predicted octanol–water partition coefficient (Wildman–Crippen LogP) is 14.2. The molecule has 0 atom stereocenters. The molecular formula is C51H34. The van der Waals surface area contributed by atoms with Crippen molar-refractivity contribution in [3.8, 4) is 33.4 Å². The molecule has 238 valence electrons. The van der Waals surface area contributed by atoms with E-state index in [1.807, 2.05) is 0 Å². The molecule has 0 fully saturated rings. The molecular weight excluding hydrogens is 613 g/mol. The van der Waals surface area contributed by atoms with Crippen molar-refractivity contribution in [1.29, 1.82) is 0 Å². The zero-order valence-electron chi connectivity index (χ0n) is 28.7. The van der Waals surface area contributed by atoms with Crippen LogP contribution in [0.1, 0.15) is 25.0 Å². The average molecular weight is 647 g/mol. The summed E-state index contributed by atoms with van der Waals surface area (Å²) in [5.41, 5.74) is 10.5. The molecule has 1 aliphatic rings. The smallest absolute Gasteiger partial charge is 0.0171 e. The van der Waals surface area contributed by atoms with Crippen molar-refractivity contribution in [2.75, 3.05) is 0 Å². The van der Waals surface area contributed by atoms with Crippen LogP contribution in [-0.2, 0) is 5.41 Å². The second-order valence-electron chi connectivity index (χ2n) is 14.8. The molecule has 0 heterocycles. The van der Waals surface area contributed by atoms with Crippen LogP contribution in [0, 0.1) is 0 Å². The van der Waals surface area contributed by atoms with Crippen LogP contribution >= 0.6 is 0 Å². The van der Waals surface area contributed by atoms with Crippen LogP contribution < -0.4 is 0 Å². The fourth-order valence-corrected chi connectivity index (χ4v) is 9.61. The Morgan fingerprint density at radius 1 is 0.294 bits per heavy atom. The van der Waals surface area contributed by atoms with Gasteiger partial charge in [-0.2, -0.15) is 0 Å². The highest BCUT2D eigenvalue weighted by Crippen LogP contribution is 2.59. The van der Waals surface area contributed by atoms with E-state index in [9.17, 15) is 0 Å². The first kappa shape index (κ1) is 28.6. The minimum Gasteiger partial charge on any atom is -0.0616 e. The molecule has 0 aromatic heterocycles. The van der Waals surface area contributed by atoms with Crippen molar-refractivity contribution in [2.45, 2.75) is 19.3 Å². The average Bonchev–Trinajstić information content (AvgIpc) is 3.45. The third kappa shape index (κ3) is 3.91. The van der Waals surface area contributed by atoms with Crippen LogP contribution in [0.5, 0.6) is 0 Å². The number of hydrogen-bond acceptors (Lipinski definition) is 0. The van der Waals surface area contributed by atoms with Crippen molar-refractivity contribution in [3.63, 3.8) is 0 Å². The van der Waals surface area contributed by atoms with Crippen LogP contribution in [0.25, 0.3) is 98.0 Å². The Balaban J connectivity index is 1.32. The maximum Gasteiger partial charge on any atom is 0.0171 e. The van der Waals surface area contributed by atoms with E-state index in [-0.39, 0.29) is 5.41 Å². The first-order valence-corrected chi connectivity index (χ1v) is 18.0. The van der Waals surface area contributed by atoms with E-state index < -0.39 is 0 Å². The number of rotatable bonds is 2. The number of fused-ring (bicyclic) bond motifs is 15. The molecule has 0 radical (unpaired) electrons. The minimum absolute atomic E-state index is 0.242. The molecule has 0 saturated heterocycles. The van der Waals surface area contributed by atoms with E-state index in [2.05, 4.69) is 184 Å². The predicted molar refractivity (Wildman–Crippen MR) is 220 cm³/mol. The first-order valence-electron chi connectivity index (χ1n) is 18.0. The summed E-state index contributed by atoms with van der Waals surface area (Å²) in [4.78, 5) is 0. The van der Waals surface area contributed by atoms with Crippen molar-refractivity contribution in [1.82, 2.24) is 0 Å². The highest BCUT2D eigenvalue weighted by Gasteiger charge is 2.41. The van der Waals surface area contributed by atoms with Gasteiger partial charge in [0.25, 0.3) is 0 Å². The monoisotopic (exact) mass is 646 g/mol. The summed E-state index contributed by atoms with van der Waals surface area (Å²) in [6, 6.07) is 63.5. The topological polar surface area (TPSA) is 0 Å². The van der Waals surface area contributed by atoms with Gasteiger partial charge < -0.3 is 0 Å². The summed E-state index contributed by atoms with van der Waals surface area (Å²) >= 11 is 0. The highest BCUT2D eigenvalue weighted by atomic mass is 14.4. The van der Waals surface area contributed by atoms with Crippen LogP contribution in [0.2, 0.25) is 0 Å². The van der Waals surface area contributed by atoms with Crippen molar-refractivity contribution < 1.29 is 0 Å². The Morgan fingerprint density at radius 2 is 0.686 bits per heavy atom. The largest absolute Gasteiger partial charge is 0.0616 e. The van der Waals surface area contributed by atoms with Crippen LogP contribution in [0.4, 0.5) is 0 Å². The van der Waals surface area contributed by atoms with Gasteiger partial charge in [-0.25, -0.2) is 0 Å². The fourth-order valence-electron chi connectivity index (χ4n) is 9.61. The van der Waals surface area contributed by atoms with E-state index in [4.69, 9.17) is 0 Å². The molecule has 0 unspecified atom stereocenters. The van der Waals surface area contributed by atoms with Gasteiger partial charge in [0.2, 0.25) is 0 Å². The Kier molecular flexibility index (Phi) is 5.82. The number of benzene rings is 10. The van der Waals surface area contributed by atoms with Crippen molar-refractivity contribution in [2.24, 2.45) is 0 Å². The molecule has 1 aliphatic carbocycles. The molecule has 51 heavy (non-hydrogen) atoms. The second kappa shape index (κ2) is 10.4. The van der Waals surface area contributed by atoms with Crippen LogP contribution in [0.15, 0.2) is 170 Å². The van der Waals surface area contributed by atoms with E-state index >= 15 is 0 Å². The first-order chi connectivity index (χ1) is 25.1. The third-order valence-corrected chi connectivity index (χ3v) is 11.8. The van der Waals surface area contributed by atoms with Crippen molar-refractivity contribution in [3.05, 3.63) is 181 Å². The highest BCUT2D eigenvalue weighted by molar-refractivity contribution is 6.26. The van der Waals surface area contributed by atoms with Crippen molar-refractivity contribution >= 4 is 64.6 Å². The molecule has 11 rings (SSSR count). The number of hydrogen-bond donors (Lipinski definition) is 0. The zero-order valence-corrected chi connectivity index (χ0v) is 28.7. The van der Waals surface area contributed by atoms with Crippen LogP contribution in [0.3, 0.4) is 0 Å². The van der Waals surface area contributed by atoms with E-state index in [1.54, 1.807) is 0 Å². The van der Waals surface area contributed by atoms with Gasteiger partial charge in [-0.3, -0.25) is 0 Å². The molecule has 0 amide bonds. The molecule has 10 aromatic rings.